The van der Waals surface area contributed by atoms with Gasteiger partial charge in [0.1, 0.15) is 18.4 Å². The highest BCUT2D eigenvalue weighted by Crippen LogP contribution is 2.25. The molecule has 1 saturated heterocycles. The molecule has 82 valence electrons. The molecule has 0 unspecified atom stereocenters. The highest BCUT2D eigenvalue weighted by atomic mass is 35.5. The molecular weight excluding hydrogens is 228 g/mol. The Morgan fingerprint density at radius 3 is 2.88 bits per heavy atom. The van der Waals surface area contributed by atoms with Gasteiger partial charge in [0.05, 0.1) is 17.3 Å². The van der Waals surface area contributed by atoms with Crippen molar-refractivity contribution in [2.24, 2.45) is 0 Å². The summed E-state index contributed by atoms with van der Waals surface area (Å²) in [6.07, 6.45) is 1.45. The molecule has 5 nitrogen and oxygen atoms in total. The second-order valence-electron chi connectivity index (χ2n) is 3.57. The summed E-state index contributed by atoms with van der Waals surface area (Å²) < 4.78 is 0. The number of carbonyl (C=O) groups is 1. The first-order valence-corrected chi connectivity index (χ1v) is 5.04. The minimum Gasteiger partial charge on any atom is -0.328 e. The third-order valence-electron chi connectivity index (χ3n) is 2.39. The Hall–Kier alpha value is -1.80. The lowest BCUT2D eigenvalue weighted by molar-refractivity contribution is -0.125. The van der Waals surface area contributed by atoms with Gasteiger partial charge in [-0.25, -0.2) is 4.98 Å². The van der Waals surface area contributed by atoms with Gasteiger partial charge in [0.15, 0.2) is 0 Å². The predicted octanol–water partition coefficient (Wildman–Crippen LogP) is 0.843. The zero-order chi connectivity index (χ0) is 11.7. The van der Waals surface area contributed by atoms with Crippen molar-refractivity contribution in [2.45, 2.75) is 0 Å². The van der Waals surface area contributed by atoms with Crippen molar-refractivity contribution in [3.63, 3.8) is 0 Å². The lowest BCUT2D eigenvalue weighted by atomic mass is 10.3. The molecule has 1 aromatic rings. The number of aromatic nitrogens is 1. The van der Waals surface area contributed by atoms with Gasteiger partial charge in [0.25, 0.3) is 0 Å². The molecule has 0 aromatic carbocycles. The Morgan fingerprint density at radius 2 is 2.38 bits per heavy atom. The van der Waals surface area contributed by atoms with E-state index in [-0.39, 0.29) is 12.5 Å². The molecule has 0 saturated carbocycles. The summed E-state index contributed by atoms with van der Waals surface area (Å²) in [5.41, 5.74) is 0.410. The number of nitrogens with zero attached hydrogens (tertiary/aromatic N) is 4. The van der Waals surface area contributed by atoms with E-state index in [0.29, 0.717) is 23.1 Å². The smallest absolute Gasteiger partial charge is 0.243 e. The van der Waals surface area contributed by atoms with Gasteiger partial charge in [-0.2, -0.15) is 5.26 Å². The number of amides is 1. The standard InChI is InChI=1S/C10H9ClN4O/c1-14-6-15(5-9(14)16)10-8(11)2-7(3-12)4-13-10/h2,4H,5-6H2,1H3. The monoisotopic (exact) mass is 236 g/mol. The van der Waals surface area contributed by atoms with Gasteiger partial charge in [-0.1, -0.05) is 11.6 Å². The third-order valence-corrected chi connectivity index (χ3v) is 2.66. The molecule has 1 aliphatic heterocycles. The van der Waals surface area contributed by atoms with Gasteiger partial charge in [-0.05, 0) is 6.07 Å². The third kappa shape index (κ3) is 1.79. The van der Waals surface area contributed by atoms with Crippen LogP contribution in [0, 0.1) is 11.3 Å². The van der Waals surface area contributed by atoms with Crippen LogP contribution in [0.4, 0.5) is 5.82 Å². The molecule has 1 aromatic heterocycles. The van der Waals surface area contributed by atoms with Crippen LogP contribution in [0.3, 0.4) is 0 Å². The lowest BCUT2D eigenvalue weighted by Gasteiger charge is -2.16. The number of hydrogen-bond donors (Lipinski definition) is 0. The summed E-state index contributed by atoms with van der Waals surface area (Å²) in [6.45, 7) is 0.743. The van der Waals surface area contributed by atoms with Crippen LogP contribution in [0.5, 0.6) is 0 Å². The fourth-order valence-corrected chi connectivity index (χ4v) is 1.82. The minimum atomic E-state index is 0.0298. The fraction of sp³-hybridized carbons (Fsp3) is 0.300. The Balaban J connectivity index is 2.29. The van der Waals surface area contributed by atoms with E-state index >= 15 is 0 Å². The molecule has 0 spiro atoms. The highest BCUT2D eigenvalue weighted by Gasteiger charge is 2.26. The number of anilines is 1. The first-order valence-electron chi connectivity index (χ1n) is 4.66. The summed E-state index contributed by atoms with van der Waals surface area (Å²) in [5.74, 6) is 0.570. The number of pyridine rings is 1. The molecule has 1 aliphatic rings. The SMILES string of the molecule is CN1CN(c2ncc(C#N)cc2Cl)CC1=O. The van der Waals surface area contributed by atoms with E-state index in [1.54, 1.807) is 22.9 Å². The molecule has 6 heteroatoms. The fourth-order valence-electron chi connectivity index (χ4n) is 1.54. The normalized spacial score (nSPS) is 15.4. The maximum atomic E-state index is 11.4. The van der Waals surface area contributed by atoms with E-state index in [2.05, 4.69) is 4.98 Å². The number of nitriles is 1. The number of likely N-dealkylation sites (N-methyl/N-ethyl adjacent to an activating group) is 1. The van der Waals surface area contributed by atoms with E-state index in [9.17, 15) is 4.79 Å². The van der Waals surface area contributed by atoms with Gasteiger partial charge in [0, 0.05) is 13.2 Å². The quantitative estimate of drug-likeness (QED) is 0.725. The average molecular weight is 237 g/mol. The first-order chi connectivity index (χ1) is 7.61. The topological polar surface area (TPSA) is 60.2 Å². The van der Waals surface area contributed by atoms with Crippen LogP contribution in [0.2, 0.25) is 5.02 Å². The van der Waals surface area contributed by atoms with E-state index < -0.39 is 0 Å². The van der Waals surface area contributed by atoms with Crippen LogP contribution >= 0.6 is 11.6 Å². The molecule has 0 radical (unpaired) electrons. The highest BCUT2D eigenvalue weighted by molar-refractivity contribution is 6.33. The van der Waals surface area contributed by atoms with E-state index in [0.717, 1.165) is 0 Å². The molecule has 2 heterocycles. The second-order valence-corrected chi connectivity index (χ2v) is 3.98. The van der Waals surface area contributed by atoms with Gasteiger partial charge in [-0.15, -0.1) is 0 Å². The zero-order valence-corrected chi connectivity index (χ0v) is 9.40. The van der Waals surface area contributed by atoms with Crippen molar-refractivity contribution < 1.29 is 4.79 Å². The van der Waals surface area contributed by atoms with E-state index in [1.807, 2.05) is 6.07 Å². The second kappa shape index (κ2) is 3.99. The molecule has 1 fully saturated rings. The van der Waals surface area contributed by atoms with Gasteiger partial charge in [-0.3, -0.25) is 4.79 Å². The summed E-state index contributed by atoms with van der Waals surface area (Å²) in [4.78, 5) is 18.8. The van der Waals surface area contributed by atoms with E-state index in [1.165, 1.54) is 6.20 Å². The molecule has 0 atom stereocenters. The van der Waals surface area contributed by atoms with Crippen LogP contribution < -0.4 is 4.90 Å². The van der Waals surface area contributed by atoms with Crippen molar-refractivity contribution in [3.05, 3.63) is 22.8 Å². The zero-order valence-electron chi connectivity index (χ0n) is 8.64. The van der Waals surface area contributed by atoms with Crippen molar-refractivity contribution >= 4 is 23.3 Å². The Morgan fingerprint density at radius 1 is 1.62 bits per heavy atom. The molecular formula is C10H9ClN4O. The number of rotatable bonds is 1. The van der Waals surface area contributed by atoms with Crippen molar-refractivity contribution in [1.82, 2.24) is 9.88 Å². The summed E-state index contributed by atoms with van der Waals surface area (Å²) >= 11 is 6.00. The van der Waals surface area contributed by atoms with Crippen LogP contribution in [-0.2, 0) is 4.79 Å². The van der Waals surface area contributed by atoms with Crippen molar-refractivity contribution in [3.8, 4) is 6.07 Å². The molecule has 16 heavy (non-hydrogen) atoms. The van der Waals surface area contributed by atoms with Crippen molar-refractivity contribution in [2.75, 3.05) is 25.2 Å². The molecule has 0 aliphatic carbocycles. The Bertz CT molecular complexity index is 482. The molecule has 2 rings (SSSR count). The molecule has 0 bridgehead atoms. The summed E-state index contributed by atoms with van der Waals surface area (Å²) in [7, 11) is 1.72. The van der Waals surface area contributed by atoms with Crippen LogP contribution in [0.1, 0.15) is 5.56 Å². The van der Waals surface area contributed by atoms with Gasteiger partial charge < -0.3 is 9.80 Å². The van der Waals surface area contributed by atoms with Gasteiger partial charge >= 0.3 is 0 Å². The van der Waals surface area contributed by atoms with Crippen molar-refractivity contribution in [1.29, 1.82) is 5.26 Å². The number of hydrogen-bond acceptors (Lipinski definition) is 4. The largest absolute Gasteiger partial charge is 0.328 e. The minimum absolute atomic E-state index is 0.0298. The predicted molar refractivity (Wildman–Crippen MR) is 58.9 cm³/mol. The number of carbonyl (C=O) groups excluding carboxylic acids is 1. The maximum absolute atomic E-state index is 11.4. The first kappa shape index (κ1) is 10.7. The summed E-state index contributed by atoms with van der Waals surface area (Å²) in [5, 5.41) is 9.07. The maximum Gasteiger partial charge on any atom is 0.243 e. The Kier molecular flexibility index (Phi) is 2.67. The van der Waals surface area contributed by atoms with Gasteiger partial charge in [0.2, 0.25) is 5.91 Å². The molecule has 0 N–H and O–H groups in total. The molecule has 1 amide bonds. The number of halogens is 1. The summed E-state index contributed by atoms with van der Waals surface area (Å²) in [6, 6.07) is 3.51. The van der Waals surface area contributed by atoms with Crippen LogP contribution in [-0.4, -0.2) is 36.1 Å². The lowest BCUT2D eigenvalue weighted by Crippen LogP contribution is -2.23. The van der Waals surface area contributed by atoms with E-state index in [4.69, 9.17) is 16.9 Å². The van der Waals surface area contributed by atoms with Crippen LogP contribution in [0.25, 0.3) is 0 Å². The Labute approximate surface area is 97.8 Å². The average Bonchev–Trinajstić information content (AvgIpc) is 2.58. The van der Waals surface area contributed by atoms with Crippen LogP contribution in [0.15, 0.2) is 12.3 Å².